The van der Waals surface area contributed by atoms with Crippen LogP contribution in [0.5, 0.6) is 0 Å². The van der Waals surface area contributed by atoms with E-state index in [0.29, 0.717) is 12.1 Å². The smallest absolute Gasteiger partial charge is 0.311 e. The van der Waals surface area contributed by atoms with Crippen molar-refractivity contribution >= 4 is 11.7 Å². The number of carbonyl (C=O) groups is 1. The minimum absolute atomic E-state index is 0.0835. The molecular weight excluding hydrogens is 457 g/mol. The molecule has 0 aromatic carbocycles. The molecule has 1 saturated heterocycles. The van der Waals surface area contributed by atoms with Crippen molar-refractivity contribution in [1.29, 1.82) is 0 Å². The molecule has 1 aliphatic heterocycles. The summed E-state index contributed by atoms with van der Waals surface area (Å²) in [6.45, 7) is 13.8. The fourth-order valence-corrected chi connectivity index (χ4v) is 5.20. The second kappa shape index (κ2) is 13.3. The number of rotatable bonds is 6. The Morgan fingerprint density at radius 1 is 1.14 bits per heavy atom. The predicted octanol–water partition coefficient (Wildman–Crippen LogP) is 3.50. The number of aliphatic hydroxyl groups is 3. The van der Waals surface area contributed by atoms with Crippen LogP contribution in [0.3, 0.4) is 0 Å². The molecule has 1 fully saturated rings. The number of ether oxygens (including phenoxy) is 2. The Morgan fingerprint density at radius 3 is 2.26 bits per heavy atom. The van der Waals surface area contributed by atoms with Gasteiger partial charge < -0.3 is 29.6 Å². The van der Waals surface area contributed by atoms with Crippen LogP contribution in [0.4, 0.5) is 4.39 Å². The van der Waals surface area contributed by atoms with E-state index < -0.39 is 54.0 Å². The summed E-state index contributed by atoms with van der Waals surface area (Å²) in [7, 11) is 1.60. The lowest BCUT2D eigenvalue weighted by Gasteiger charge is -2.44. The first-order valence-corrected chi connectivity index (χ1v) is 12.8. The maximum absolute atomic E-state index is 13.0. The quantitative estimate of drug-likeness (QED) is 0.287. The third kappa shape index (κ3) is 7.37. The topological polar surface area (TPSA) is 118 Å². The lowest BCUT2D eigenvalue weighted by Crippen LogP contribution is -2.56. The minimum atomic E-state index is -1.80. The van der Waals surface area contributed by atoms with Gasteiger partial charge >= 0.3 is 5.97 Å². The van der Waals surface area contributed by atoms with Gasteiger partial charge in [0.1, 0.15) is 18.3 Å². The third-order valence-electron chi connectivity index (χ3n) is 8.22. The van der Waals surface area contributed by atoms with Gasteiger partial charge in [0.05, 0.1) is 36.1 Å². The van der Waals surface area contributed by atoms with Crippen LogP contribution in [-0.2, 0) is 19.1 Å². The van der Waals surface area contributed by atoms with E-state index in [2.05, 4.69) is 5.16 Å². The number of cyclic esters (lactones) is 1. The van der Waals surface area contributed by atoms with Crippen molar-refractivity contribution in [2.45, 2.75) is 104 Å². The summed E-state index contributed by atoms with van der Waals surface area (Å²) in [5, 5.41) is 37.9. The number of nitrogens with zero attached hydrogens (tertiary/aromatic N) is 1. The highest BCUT2D eigenvalue weighted by Gasteiger charge is 2.48. The van der Waals surface area contributed by atoms with Gasteiger partial charge in [-0.25, -0.2) is 0 Å². The number of hydrogen-bond donors (Lipinski definition) is 3. The summed E-state index contributed by atoms with van der Waals surface area (Å²) in [6.07, 6.45) is -2.44. The van der Waals surface area contributed by atoms with Crippen molar-refractivity contribution < 1.29 is 38.8 Å². The fraction of sp³-hybridized carbons (Fsp3) is 0.923. The number of hydrogen-bond acceptors (Lipinski definition) is 8. The average Bonchev–Trinajstić information content (AvgIpc) is 2.83. The molecule has 0 bridgehead atoms. The van der Waals surface area contributed by atoms with Crippen molar-refractivity contribution in [2.75, 3.05) is 20.4 Å². The molecule has 35 heavy (non-hydrogen) atoms. The molecule has 0 amide bonds. The number of halogens is 1. The van der Waals surface area contributed by atoms with Gasteiger partial charge in [0.25, 0.3) is 0 Å². The van der Waals surface area contributed by atoms with Crippen LogP contribution in [0.2, 0.25) is 0 Å². The van der Waals surface area contributed by atoms with Crippen LogP contribution in [0.1, 0.15) is 74.7 Å². The van der Waals surface area contributed by atoms with Crippen molar-refractivity contribution in [3.8, 4) is 0 Å². The molecule has 1 heterocycles. The summed E-state index contributed by atoms with van der Waals surface area (Å²) in [4.78, 5) is 18.3. The zero-order valence-electron chi connectivity index (χ0n) is 23.0. The van der Waals surface area contributed by atoms with Crippen LogP contribution < -0.4 is 0 Å². The van der Waals surface area contributed by atoms with Crippen molar-refractivity contribution in [1.82, 2.24) is 0 Å². The Balaban J connectivity index is 3.60. The van der Waals surface area contributed by atoms with E-state index in [-0.39, 0.29) is 37.2 Å². The van der Waals surface area contributed by atoms with E-state index in [1.807, 2.05) is 27.7 Å². The monoisotopic (exact) mass is 505 g/mol. The highest BCUT2D eigenvalue weighted by atomic mass is 19.1. The molecule has 0 aromatic heterocycles. The third-order valence-corrected chi connectivity index (χ3v) is 8.22. The van der Waals surface area contributed by atoms with Crippen LogP contribution in [0, 0.1) is 29.6 Å². The zero-order chi connectivity index (χ0) is 27.1. The largest absolute Gasteiger partial charge is 0.459 e. The van der Waals surface area contributed by atoms with Gasteiger partial charge in [0, 0.05) is 25.4 Å². The molecule has 0 radical (unpaired) electrons. The van der Waals surface area contributed by atoms with Gasteiger partial charge in [-0.05, 0) is 45.4 Å². The lowest BCUT2D eigenvalue weighted by atomic mass is 9.70. The first-order valence-electron chi connectivity index (χ1n) is 12.8. The van der Waals surface area contributed by atoms with E-state index in [4.69, 9.17) is 14.3 Å². The second-order valence-electron chi connectivity index (χ2n) is 10.7. The Morgan fingerprint density at radius 2 is 1.74 bits per heavy atom. The normalized spacial score (nSPS) is 43.5. The molecule has 1 aliphatic rings. The highest BCUT2D eigenvalue weighted by molar-refractivity contribution is 5.88. The van der Waals surface area contributed by atoms with Crippen LogP contribution in [0.15, 0.2) is 5.16 Å². The van der Waals surface area contributed by atoms with Gasteiger partial charge in [-0.2, -0.15) is 0 Å². The summed E-state index contributed by atoms with van der Waals surface area (Å²) < 4.78 is 24.2. The number of carbonyl (C=O) groups excluding carboxylic acids is 1. The number of esters is 1. The van der Waals surface area contributed by atoms with Gasteiger partial charge in [-0.1, -0.05) is 39.8 Å². The summed E-state index contributed by atoms with van der Waals surface area (Å²) in [5.41, 5.74) is -2.03. The zero-order valence-corrected chi connectivity index (χ0v) is 23.0. The van der Waals surface area contributed by atoms with E-state index >= 15 is 0 Å². The SMILES string of the molecule is CC[C@H]1OC(=O)[C@H](C)C(O)[C@H](C)[C@@H](C)[C@](C)(OC)C[C@@H](C)/C(=N\OCCCF)[C@H](C)[C@@H](O)[C@]1(C)O. The van der Waals surface area contributed by atoms with E-state index in [9.17, 15) is 24.5 Å². The molecule has 0 aromatic rings. The lowest BCUT2D eigenvalue weighted by molar-refractivity contribution is -0.190. The number of aliphatic hydroxyl groups excluding tert-OH is 2. The molecule has 0 aliphatic carbocycles. The summed E-state index contributed by atoms with van der Waals surface area (Å²) in [6, 6.07) is 0. The van der Waals surface area contributed by atoms with E-state index in [0.717, 1.165) is 0 Å². The van der Waals surface area contributed by atoms with Crippen LogP contribution in [-0.4, -0.2) is 76.9 Å². The molecule has 0 spiro atoms. The molecule has 0 saturated carbocycles. The molecule has 3 N–H and O–H groups in total. The van der Waals surface area contributed by atoms with Crippen molar-refractivity contribution in [3.05, 3.63) is 0 Å². The predicted molar refractivity (Wildman–Crippen MR) is 133 cm³/mol. The standard InChI is InChI=1S/C26H48FNO7/c1-10-20-26(8,32)23(30)17(4)21(28-34-13-11-12-27)15(2)14-25(7,33-9)19(6)16(3)22(29)18(5)24(31)35-20/h15-20,22-23,29-30,32H,10-14H2,1-9H3/b28-21+/t15-,16-,17+,18-,19-,20-,22?,23-,25-,26-/m1/s1. The first kappa shape index (κ1) is 31.7. The number of oxime groups is 1. The Kier molecular flexibility index (Phi) is 12.1. The molecule has 8 nitrogen and oxygen atoms in total. The van der Waals surface area contributed by atoms with E-state index in [1.54, 1.807) is 27.9 Å². The first-order chi connectivity index (χ1) is 16.2. The Hall–Kier alpha value is -1.29. The van der Waals surface area contributed by atoms with Crippen molar-refractivity contribution in [3.63, 3.8) is 0 Å². The van der Waals surface area contributed by atoms with Crippen molar-refractivity contribution in [2.24, 2.45) is 34.7 Å². The highest BCUT2D eigenvalue weighted by Crippen LogP contribution is 2.39. The second-order valence-corrected chi connectivity index (χ2v) is 10.7. The number of methoxy groups -OCH3 is 1. The molecule has 206 valence electrons. The molecule has 9 heteroatoms. The maximum Gasteiger partial charge on any atom is 0.311 e. The van der Waals surface area contributed by atoms with Gasteiger partial charge in [-0.15, -0.1) is 0 Å². The maximum atomic E-state index is 13.0. The fourth-order valence-electron chi connectivity index (χ4n) is 5.20. The molecule has 1 unspecified atom stereocenters. The van der Waals surface area contributed by atoms with Crippen LogP contribution in [0.25, 0.3) is 0 Å². The number of alkyl halides is 1. The summed E-state index contributed by atoms with van der Waals surface area (Å²) >= 11 is 0. The van der Waals surface area contributed by atoms with E-state index in [1.165, 1.54) is 6.92 Å². The average molecular weight is 506 g/mol. The van der Waals surface area contributed by atoms with Crippen LogP contribution >= 0.6 is 0 Å². The molecule has 10 atom stereocenters. The Labute approximate surface area is 210 Å². The minimum Gasteiger partial charge on any atom is -0.459 e. The molecule has 1 rings (SSSR count). The van der Waals surface area contributed by atoms with Gasteiger partial charge in [0.15, 0.2) is 0 Å². The van der Waals surface area contributed by atoms with Gasteiger partial charge in [-0.3, -0.25) is 9.18 Å². The van der Waals surface area contributed by atoms with Gasteiger partial charge in [0.2, 0.25) is 0 Å². The molecular formula is C26H48FNO7. The summed E-state index contributed by atoms with van der Waals surface area (Å²) in [5.74, 6) is -2.88. The Bertz CT molecular complexity index is 703.